The van der Waals surface area contributed by atoms with Gasteiger partial charge in [0.1, 0.15) is 36.0 Å². The van der Waals surface area contributed by atoms with Crippen LogP contribution in [0.5, 0.6) is 11.5 Å². The van der Waals surface area contributed by atoms with Crippen LogP contribution >= 0.6 is 23.2 Å². The van der Waals surface area contributed by atoms with Gasteiger partial charge in [-0.2, -0.15) is 0 Å². The third-order valence-corrected chi connectivity index (χ3v) is 8.39. The normalized spacial score (nSPS) is 12.6. The Morgan fingerprint density at radius 1 is 0.922 bits per heavy atom. The van der Waals surface area contributed by atoms with Gasteiger partial charge in [0.15, 0.2) is 5.96 Å². The Balaban J connectivity index is 0.000000228. The molecule has 0 spiro atoms. The van der Waals surface area contributed by atoms with E-state index in [4.69, 9.17) is 45.1 Å². The van der Waals surface area contributed by atoms with Gasteiger partial charge >= 0.3 is 0 Å². The number of aliphatic imine (C=N–C) groups is 1. The third-order valence-electron chi connectivity index (χ3n) is 7.65. The number of anilines is 1. The Morgan fingerprint density at radius 3 is 2.24 bits per heavy atom. The number of benzene rings is 4. The quantitative estimate of drug-likeness (QED) is 0.0899. The maximum Gasteiger partial charge on any atom is 0.237 e. The van der Waals surface area contributed by atoms with Gasteiger partial charge in [0.25, 0.3) is 0 Å². The second-order valence-corrected chi connectivity index (χ2v) is 12.4. The first-order chi connectivity index (χ1) is 24.5. The molecule has 51 heavy (non-hydrogen) atoms. The highest BCUT2D eigenvalue weighted by Crippen LogP contribution is 2.32. The molecule has 1 amide bonds. The lowest BCUT2D eigenvalue weighted by molar-refractivity contribution is -0.118. The fraction of sp³-hybridized carbons (Fsp3) is 0.243. The molecular formula is C37H41Cl2FN8O3. The minimum absolute atomic E-state index is 0.0514. The number of nitrogens with zero attached hydrogens (tertiary/aromatic N) is 5. The number of fused-ring (bicyclic) bond motifs is 1. The summed E-state index contributed by atoms with van der Waals surface area (Å²) >= 11 is 12.0. The number of primary amides is 1. The predicted octanol–water partition coefficient (Wildman–Crippen LogP) is 6.35. The second kappa shape index (κ2) is 18.7. The lowest BCUT2D eigenvalue weighted by Gasteiger charge is -2.34. The van der Waals surface area contributed by atoms with Crippen molar-refractivity contribution < 1.29 is 18.7 Å². The molecule has 1 aliphatic heterocycles. The number of amides is 1. The molecule has 6 N–H and O–H groups in total. The summed E-state index contributed by atoms with van der Waals surface area (Å²) in [5.74, 6) is 1.13. The van der Waals surface area contributed by atoms with Crippen molar-refractivity contribution in [2.24, 2.45) is 22.2 Å². The highest BCUT2D eigenvalue weighted by atomic mass is 35.5. The van der Waals surface area contributed by atoms with Crippen molar-refractivity contribution in [2.75, 3.05) is 44.7 Å². The zero-order chi connectivity index (χ0) is 36.9. The van der Waals surface area contributed by atoms with Crippen LogP contribution in [-0.2, 0) is 11.3 Å². The van der Waals surface area contributed by atoms with Crippen molar-refractivity contribution in [3.05, 3.63) is 106 Å². The van der Waals surface area contributed by atoms with Crippen molar-refractivity contribution in [1.82, 2.24) is 14.5 Å². The summed E-state index contributed by atoms with van der Waals surface area (Å²) in [6, 6.07) is 24.1. The molecule has 1 aromatic heterocycles. The molecule has 14 heteroatoms. The molecule has 4 aromatic carbocycles. The average Bonchev–Trinajstić information content (AvgIpc) is 3.47. The number of hydrogen-bond donors (Lipinski definition) is 3. The minimum atomic E-state index is -0.502. The maximum atomic E-state index is 12.7. The number of hydrogen-bond acceptors (Lipinski definition) is 7. The molecule has 0 saturated carbocycles. The van der Waals surface area contributed by atoms with Crippen LogP contribution in [0.1, 0.15) is 23.7 Å². The van der Waals surface area contributed by atoms with Crippen molar-refractivity contribution >= 4 is 58.1 Å². The first kappa shape index (κ1) is 38.6. The summed E-state index contributed by atoms with van der Waals surface area (Å²) in [7, 11) is 2.13. The Morgan fingerprint density at radius 2 is 1.63 bits per heavy atom. The molecule has 1 aliphatic rings. The number of likely N-dealkylation sites (N-methyl/N-ethyl adjacent to an activating group) is 1. The van der Waals surface area contributed by atoms with Crippen molar-refractivity contribution in [3.8, 4) is 22.9 Å². The molecule has 268 valence electrons. The van der Waals surface area contributed by atoms with E-state index < -0.39 is 5.91 Å². The van der Waals surface area contributed by atoms with E-state index in [9.17, 15) is 14.0 Å². The molecule has 1 fully saturated rings. The van der Waals surface area contributed by atoms with Gasteiger partial charge in [-0.05, 0) is 80.2 Å². The molecule has 0 aliphatic carbocycles. The molecule has 11 nitrogen and oxygen atoms in total. The van der Waals surface area contributed by atoms with Gasteiger partial charge in [-0.25, -0.2) is 9.37 Å². The van der Waals surface area contributed by atoms with Crippen LogP contribution in [0.2, 0.25) is 10.0 Å². The number of imidazole rings is 1. The van der Waals surface area contributed by atoms with Gasteiger partial charge in [-0.3, -0.25) is 14.6 Å². The molecule has 6 rings (SSSR count). The van der Waals surface area contributed by atoms with Crippen LogP contribution in [-0.4, -0.2) is 72.4 Å². The first-order valence-corrected chi connectivity index (χ1v) is 16.9. The van der Waals surface area contributed by atoms with Crippen molar-refractivity contribution in [1.29, 1.82) is 0 Å². The average molecular weight is 736 g/mol. The molecule has 0 radical (unpaired) electrons. The van der Waals surface area contributed by atoms with Gasteiger partial charge in [-0.15, -0.1) is 0 Å². The Hall–Kier alpha value is -5.17. The van der Waals surface area contributed by atoms with Crippen LogP contribution in [0, 0.1) is 5.82 Å². The van der Waals surface area contributed by atoms with Crippen LogP contribution in [0.25, 0.3) is 22.4 Å². The summed E-state index contributed by atoms with van der Waals surface area (Å²) in [6.07, 6.45) is 1.75. The highest BCUT2D eigenvalue weighted by molar-refractivity contribution is 6.42. The summed E-state index contributed by atoms with van der Waals surface area (Å²) in [4.78, 5) is 35.7. The maximum absolute atomic E-state index is 12.7. The van der Waals surface area contributed by atoms with Crippen molar-refractivity contribution in [2.45, 2.75) is 19.9 Å². The molecule has 2 heterocycles. The third kappa shape index (κ3) is 11.4. The van der Waals surface area contributed by atoms with E-state index in [1.807, 2.05) is 31.2 Å². The summed E-state index contributed by atoms with van der Waals surface area (Å²) in [5, 5.41) is 0.826. The topological polar surface area (TPSA) is 158 Å². The number of aromatic nitrogens is 2. The smallest absolute Gasteiger partial charge is 0.237 e. The van der Waals surface area contributed by atoms with Crippen LogP contribution in [0.15, 0.2) is 89.9 Å². The number of carbonyl (C=O) groups is 2. The second-order valence-electron chi connectivity index (χ2n) is 11.6. The number of halogens is 3. The van der Waals surface area contributed by atoms with Gasteiger partial charge in [-0.1, -0.05) is 42.3 Å². The lowest BCUT2D eigenvalue weighted by atomic mass is 10.2. The molecule has 0 atom stereocenters. The van der Waals surface area contributed by atoms with E-state index in [1.54, 1.807) is 53.1 Å². The Bertz CT molecular complexity index is 1960. The standard InChI is InChI=1S/C22H15Cl2N3O3.C11H15FN2.C4H11N3/c23-17-6-5-16(10-18(17)24)30-15-3-1-2-14(9-15)22-26-19-8-13(12-28)4-7-20(19)27(22)11-21(25)29;1-13-6-8-14(9-7-13)11-4-2-10(12)3-5-11;1-2-3-7-4(5)6/h1-10,12H,11H2,(H2,25,29);2-5H,6-9H2,1H3;2-3H2,1H3,(H4,5,6,7). The number of nitrogens with two attached hydrogens (primary N) is 3. The Labute approximate surface area is 306 Å². The predicted molar refractivity (Wildman–Crippen MR) is 203 cm³/mol. The number of carbonyl (C=O) groups excluding carboxylic acids is 2. The zero-order valence-corrected chi connectivity index (χ0v) is 29.9. The van der Waals surface area contributed by atoms with E-state index >= 15 is 0 Å². The SMILES string of the molecule is CCCN=C(N)N.CN1CCN(c2ccc(F)cc2)CC1.NC(=O)Cn1c(-c2cccc(Oc3ccc(Cl)c(Cl)c3)c2)nc2cc(C=O)ccc21. The number of guanidine groups is 1. The molecular weight excluding hydrogens is 694 g/mol. The monoisotopic (exact) mass is 734 g/mol. The first-order valence-electron chi connectivity index (χ1n) is 16.2. The minimum Gasteiger partial charge on any atom is -0.457 e. The summed E-state index contributed by atoms with van der Waals surface area (Å²) < 4.78 is 20.3. The van der Waals surface area contributed by atoms with E-state index in [0.29, 0.717) is 44.0 Å². The number of ether oxygens (including phenoxy) is 1. The van der Waals surface area contributed by atoms with Crippen LogP contribution in [0.4, 0.5) is 10.1 Å². The Kier molecular flexibility index (Phi) is 14.2. The fourth-order valence-corrected chi connectivity index (χ4v) is 5.38. The molecule has 0 unspecified atom stereocenters. The van der Waals surface area contributed by atoms with E-state index in [0.717, 1.165) is 56.7 Å². The van der Waals surface area contributed by atoms with Crippen molar-refractivity contribution in [3.63, 3.8) is 0 Å². The lowest BCUT2D eigenvalue weighted by Crippen LogP contribution is -2.44. The van der Waals surface area contributed by atoms with Gasteiger partial charge in [0.2, 0.25) is 5.91 Å². The zero-order valence-electron chi connectivity index (χ0n) is 28.4. The van der Waals surface area contributed by atoms with Gasteiger partial charge in [0, 0.05) is 55.6 Å². The largest absolute Gasteiger partial charge is 0.457 e. The summed E-state index contributed by atoms with van der Waals surface area (Å²) in [5.41, 5.74) is 19.1. The van der Waals surface area contributed by atoms with Gasteiger partial charge in [0.05, 0.1) is 21.1 Å². The molecule has 0 bridgehead atoms. The van der Waals surface area contributed by atoms with E-state index in [-0.39, 0.29) is 18.3 Å². The van der Waals surface area contributed by atoms with E-state index in [1.165, 1.54) is 12.1 Å². The number of rotatable bonds is 9. The van der Waals surface area contributed by atoms with Crippen LogP contribution in [0.3, 0.4) is 0 Å². The van der Waals surface area contributed by atoms with Crippen LogP contribution < -0.4 is 26.8 Å². The number of piperazine rings is 1. The summed E-state index contributed by atoms with van der Waals surface area (Å²) in [6.45, 7) is 6.93. The number of aldehydes is 1. The highest BCUT2D eigenvalue weighted by Gasteiger charge is 2.16. The molecule has 1 saturated heterocycles. The fourth-order valence-electron chi connectivity index (χ4n) is 5.09. The van der Waals surface area contributed by atoms with E-state index in [2.05, 4.69) is 26.8 Å². The molecule has 5 aromatic rings. The van der Waals surface area contributed by atoms with Gasteiger partial charge < -0.3 is 36.3 Å².